The molecule has 0 fully saturated rings. The minimum Gasteiger partial charge on any atom is -0.477 e. The maximum absolute atomic E-state index is 11.2. The fourth-order valence-electron chi connectivity index (χ4n) is 0.786. The van der Waals surface area contributed by atoms with Crippen molar-refractivity contribution in [1.82, 2.24) is 0 Å². The van der Waals surface area contributed by atoms with Crippen molar-refractivity contribution in [3.8, 4) is 0 Å². The van der Waals surface area contributed by atoms with Gasteiger partial charge in [-0.15, -0.1) is 11.3 Å². The van der Waals surface area contributed by atoms with Crippen LogP contribution in [0.1, 0.15) is 23.5 Å². The van der Waals surface area contributed by atoms with Gasteiger partial charge in [0.25, 0.3) is 0 Å². The van der Waals surface area contributed by atoms with Crippen molar-refractivity contribution in [3.05, 3.63) is 17.0 Å². The van der Waals surface area contributed by atoms with Gasteiger partial charge in [0, 0.05) is 5.92 Å². The van der Waals surface area contributed by atoms with Gasteiger partial charge in [0.1, 0.15) is 4.88 Å². The first-order valence-electron chi connectivity index (χ1n) is 4.14. The number of carboxylic acid groups (broad SMARTS) is 1. The molecule has 0 saturated heterocycles. The zero-order chi connectivity index (χ0) is 10.7. The third kappa shape index (κ3) is 2.56. The first-order valence-corrected chi connectivity index (χ1v) is 4.96. The van der Waals surface area contributed by atoms with Crippen LogP contribution >= 0.6 is 11.3 Å². The second-order valence-electron chi connectivity index (χ2n) is 3.11. The predicted octanol–water partition coefficient (Wildman–Crippen LogP) is 2.04. The Balaban J connectivity index is 2.69. The molecule has 76 valence electrons. The van der Waals surface area contributed by atoms with Crippen LogP contribution in [0.4, 0.5) is 5.00 Å². The average molecular weight is 213 g/mol. The molecule has 0 atom stereocenters. The van der Waals surface area contributed by atoms with Gasteiger partial charge in [-0.2, -0.15) is 0 Å². The van der Waals surface area contributed by atoms with Gasteiger partial charge in [-0.1, -0.05) is 13.8 Å². The van der Waals surface area contributed by atoms with Crippen LogP contribution < -0.4 is 5.32 Å². The molecule has 0 aliphatic heterocycles. The van der Waals surface area contributed by atoms with Crippen molar-refractivity contribution in [1.29, 1.82) is 0 Å². The van der Waals surface area contributed by atoms with Crippen LogP contribution in [0.15, 0.2) is 12.1 Å². The Morgan fingerprint density at radius 2 is 2.07 bits per heavy atom. The standard InChI is InChI=1S/C9H11NO3S/c1-5(2)8(11)10-7-4-3-6(14-7)9(12)13/h3-5H,1-2H3,(H,10,11)(H,12,13). The molecule has 0 spiro atoms. The highest BCUT2D eigenvalue weighted by molar-refractivity contribution is 7.18. The van der Waals surface area contributed by atoms with Gasteiger partial charge < -0.3 is 10.4 Å². The summed E-state index contributed by atoms with van der Waals surface area (Å²) in [6.07, 6.45) is 0. The molecule has 1 rings (SSSR count). The number of hydrogen-bond donors (Lipinski definition) is 2. The quantitative estimate of drug-likeness (QED) is 0.807. The number of anilines is 1. The van der Waals surface area contributed by atoms with Crippen LogP contribution in [-0.2, 0) is 4.79 Å². The summed E-state index contributed by atoms with van der Waals surface area (Å²) in [6.45, 7) is 3.56. The Bertz CT molecular complexity index is 357. The van der Waals surface area contributed by atoms with Gasteiger partial charge in [-0.3, -0.25) is 4.79 Å². The summed E-state index contributed by atoms with van der Waals surface area (Å²) in [4.78, 5) is 22.0. The van der Waals surface area contributed by atoms with E-state index < -0.39 is 5.97 Å². The van der Waals surface area contributed by atoms with Crippen LogP contribution in [0.5, 0.6) is 0 Å². The number of rotatable bonds is 3. The molecule has 5 heteroatoms. The van der Waals surface area contributed by atoms with Crippen LogP contribution in [0, 0.1) is 5.92 Å². The van der Waals surface area contributed by atoms with Crippen molar-refractivity contribution in [2.45, 2.75) is 13.8 Å². The molecule has 4 nitrogen and oxygen atoms in total. The number of carbonyl (C=O) groups is 2. The largest absolute Gasteiger partial charge is 0.477 e. The van der Waals surface area contributed by atoms with Crippen LogP contribution in [0.2, 0.25) is 0 Å². The van der Waals surface area contributed by atoms with E-state index in [2.05, 4.69) is 5.32 Å². The van der Waals surface area contributed by atoms with Gasteiger partial charge in [0.05, 0.1) is 5.00 Å². The van der Waals surface area contributed by atoms with E-state index >= 15 is 0 Å². The summed E-state index contributed by atoms with van der Waals surface area (Å²) in [7, 11) is 0. The third-order valence-corrected chi connectivity index (χ3v) is 2.58. The number of thiophene rings is 1. The molecular formula is C9H11NO3S. The molecule has 0 unspecified atom stereocenters. The fourth-order valence-corrected chi connectivity index (χ4v) is 1.53. The summed E-state index contributed by atoms with van der Waals surface area (Å²) in [5.74, 6) is -1.19. The van der Waals surface area contributed by atoms with Gasteiger partial charge in [-0.25, -0.2) is 4.79 Å². The Hall–Kier alpha value is -1.36. The van der Waals surface area contributed by atoms with E-state index in [1.54, 1.807) is 19.9 Å². The van der Waals surface area contributed by atoms with Crippen molar-refractivity contribution in [2.24, 2.45) is 5.92 Å². The summed E-state index contributed by atoms with van der Waals surface area (Å²) >= 11 is 1.06. The number of carboxylic acids is 1. The molecular weight excluding hydrogens is 202 g/mol. The van der Waals surface area contributed by atoms with E-state index in [0.717, 1.165) is 11.3 Å². The third-order valence-electron chi connectivity index (χ3n) is 1.59. The van der Waals surface area contributed by atoms with E-state index in [4.69, 9.17) is 5.11 Å². The number of hydrogen-bond acceptors (Lipinski definition) is 3. The second-order valence-corrected chi connectivity index (χ2v) is 4.20. The van der Waals surface area contributed by atoms with Crippen molar-refractivity contribution in [3.63, 3.8) is 0 Å². The van der Waals surface area contributed by atoms with Crippen molar-refractivity contribution < 1.29 is 14.7 Å². The number of amides is 1. The van der Waals surface area contributed by atoms with Gasteiger partial charge in [-0.05, 0) is 12.1 Å². The topological polar surface area (TPSA) is 66.4 Å². The number of carbonyl (C=O) groups excluding carboxylic acids is 1. The Morgan fingerprint density at radius 3 is 2.50 bits per heavy atom. The first-order chi connectivity index (χ1) is 6.50. The second kappa shape index (κ2) is 4.23. The summed E-state index contributed by atoms with van der Waals surface area (Å²) in [5, 5.41) is 11.8. The molecule has 14 heavy (non-hydrogen) atoms. The highest BCUT2D eigenvalue weighted by Crippen LogP contribution is 2.22. The highest BCUT2D eigenvalue weighted by Gasteiger charge is 2.11. The monoisotopic (exact) mass is 213 g/mol. The lowest BCUT2D eigenvalue weighted by Crippen LogP contribution is -2.16. The molecule has 1 aromatic rings. The predicted molar refractivity (Wildman–Crippen MR) is 54.7 cm³/mol. The fraction of sp³-hybridized carbons (Fsp3) is 0.333. The minimum absolute atomic E-state index is 0.106. The van der Waals surface area contributed by atoms with E-state index in [-0.39, 0.29) is 16.7 Å². The highest BCUT2D eigenvalue weighted by atomic mass is 32.1. The van der Waals surface area contributed by atoms with Crippen molar-refractivity contribution in [2.75, 3.05) is 5.32 Å². The van der Waals surface area contributed by atoms with E-state index in [1.807, 2.05) is 0 Å². The Labute approximate surface area is 85.6 Å². The zero-order valence-electron chi connectivity index (χ0n) is 7.90. The van der Waals surface area contributed by atoms with Gasteiger partial charge in [0.15, 0.2) is 0 Å². The van der Waals surface area contributed by atoms with E-state index in [9.17, 15) is 9.59 Å². The van der Waals surface area contributed by atoms with E-state index in [0.29, 0.717) is 5.00 Å². The maximum atomic E-state index is 11.2. The number of aromatic carboxylic acids is 1. The zero-order valence-corrected chi connectivity index (χ0v) is 8.72. The van der Waals surface area contributed by atoms with E-state index in [1.165, 1.54) is 6.07 Å². The lowest BCUT2D eigenvalue weighted by atomic mass is 10.2. The van der Waals surface area contributed by atoms with Gasteiger partial charge >= 0.3 is 5.97 Å². The molecule has 0 radical (unpaired) electrons. The Kier molecular flexibility index (Phi) is 3.24. The molecule has 0 saturated carbocycles. The first kappa shape index (κ1) is 10.7. The molecule has 1 aromatic heterocycles. The Morgan fingerprint density at radius 1 is 1.43 bits per heavy atom. The summed E-state index contributed by atoms with van der Waals surface area (Å²) < 4.78 is 0. The molecule has 1 heterocycles. The molecule has 0 aliphatic carbocycles. The molecule has 0 aliphatic rings. The van der Waals surface area contributed by atoms with Crippen LogP contribution in [0.3, 0.4) is 0 Å². The normalized spacial score (nSPS) is 10.2. The maximum Gasteiger partial charge on any atom is 0.345 e. The average Bonchev–Trinajstić information content (AvgIpc) is 2.52. The van der Waals surface area contributed by atoms with Crippen molar-refractivity contribution >= 4 is 28.2 Å². The van der Waals surface area contributed by atoms with Gasteiger partial charge in [0.2, 0.25) is 5.91 Å². The van der Waals surface area contributed by atoms with Crippen LogP contribution in [0.25, 0.3) is 0 Å². The lowest BCUT2D eigenvalue weighted by Gasteiger charge is -2.03. The number of nitrogens with one attached hydrogen (secondary N) is 1. The molecule has 0 bridgehead atoms. The molecule has 0 aromatic carbocycles. The summed E-state index contributed by atoms with van der Waals surface area (Å²) in [6, 6.07) is 3.07. The summed E-state index contributed by atoms with van der Waals surface area (Å²) in [5.41, 5.74) is 0. The SMILES string of the molecule is CC(C)C(=O)Nc1ccc(C(=O)O)s1. The molecule has 1 amide bonds. The minimum atomic E-state index is -0.972. The smallest absolute Gasteiger partial charge is 0.345 e. The lowest BCUT2D eigenvalue weighted by molar-refractivity contribution is -0.118. The molecule has 2 N–H and O–H groups in total. The van der Waals surface area contributed by atoms with Crippen LogP contribution in [-0.4, -0.2) is 17.0 Å².